The molecule has 0 aliphatic carbocycles. The third kappa shape index (κ3) is 4.74. The van der Waals surface area contributed by atoms with E-state index in [0.717, 1.165) is 0 Å². The van der Waals surface area contributed by atoms with Crippen molar-refractivity contribution in [2.24, 2.45) is 5.92 Å². The largest absolute Gasteiger partial charge is 0.380 e. The van der Waals surface area contributed by atoms with E-state index in [-0.39, 0.29) is 11.9 Å². The molecule has 0 saturated carbocycles. The molecule has 0 spiro atoms. The Kier molecular flexibility index (Phi) is 6.29. The Morgan fingerprint density at radius 1 is 1.56 bits per heavy atom. The standard InChI is InChI=1S/C13H19BrN2O2/c1-4-18-8-11(9(2)3)16-13(17)10-5-6-15-12(14)7-10/h5-7,9,11H,4,8H2,1-3H3,(H,16,17). The van der Waals surface area contributed by atoms with Gasteiger partial charge >= 0.3 is 0 Å². The molecule has 1 amide bonds. The number of carbonyl (C=O) groups excluding carboxylic acids is 1. The second kappa shape index (κ2) is 7.48. The SMILES string of the molecule is CCOCC(NC(=O)c1ccnc(Br)c1)C(C)C. The Balaban J connectivity index is 2.66. The lowest BCUT2D eigenvalue weighted by molar-refractivity contribution is 0.0806. The van der Waals surface area contributed by atoms with Gasteiger partial charge in [0, 0.05) is 18.4 Å². The number of pyridine rings is 1. The Morgan fingerprint density at radius 2 is 2.28 bits per heavy atom. The summed E-state index contributed by atoms with van der Waals surface area (Å²) >= 11 is 3.25. The van der Waals surface area contributed by atoms with Crippen LogP contribution in [0.5, 0.6) is 0 Å². The number of hydrogen-bond donors (Lipinski definition) is 1. The van der Waals surface area contributed by atoms with Crippen LogP contribution in [-0.2, 0) is 4.74 Å². The second-order valence-electron chi connectivity index (χ2n) is 4.35. The number of amides is 1. The van der Waals surface area contributed by atoms with Crippen molar-refractivity contribution >= 4 is 21.8 Å². The van der Waals surface area contributed by atoms with Gasteiger partial charge in [0.1, 0.15) is 4.60 Å². The van der Waals surface area contributed by atoms with Gasteiger partial charge in [-0.05, 0) is 40.9 Å². The number of ether oxygens (including phenoxy) is 1. The van der Waals surface area contributed by atoms with Crippen LogP contribution in [0.4, 0.5) is 0 Å². The first kappa shape index (κ1) is 15.1. The van der Waals surface area contributed by atoms with Crippen LogP contribution >= 0.6 is 15.9 Å². The number of nitrogens with zero attached hydrogens (tertiary/aromatic N) is 1. The van der Waals surface area contributed by atoms with E-state index < -0.39 is 0 Å². The van der Waals surface area contributed by atoms with Crippen molar-refractivity contribution in [1.82, 2.24) is 10.3 Å². The van der Waals surface area contributed by atoms with E-state index in [0.29, 0.717) is 29.3 Å². The molecule has 4 nitrogen and oxygen atoms in total. The van der Waals surface area contributed by atoms with Crippen LogP contribution in [-0.4, -0.2) is 30.1 Å². The molecule has 5 heteroatoms. The first-order chi connectivity index (χ1) is 8.54. The maximum absolute atomic E-state index is 12.1. The van der Waals surface area contributed by atoms with Gasteiger partial charge in [-0.2, -0.15) is 0 Å². The summed E-state index contributed by atoms with van der Waals surface area (Å²) in [5.74, 6) is 0.224. The van der Waals surface area contributed by atoms with Crippen molar-refractivity contribution in [3.63, 3.8) is 0 Å². The van der Waals surface area contributed by atoms with Gasteiger partial charge in [0.05, 0.1) is 12.6 Å². The fourth-order valence-electron chi connectivity index (χ4n) is 1.44. The molecule has 0 aromatic carbocycles. The van der Waals surface area contributed by atoms with Gasteiger partial charge in [0.25, 0.3) is 5.91 Å². The highest BCUT2D eigenvalue weighted by atomic mass is 79.9. The normalized spacial score (nSPS) is 12.5. The Hall–Kier alpha value is -0.940. The summed E-state index contributed by atoms with van der Waals surface area (Å²) in [4.78, 5) is 16.1. The molecule has 0 saturated heterocycles. The van der Waals surface area contributed by atoms with E-state index in [1.165, 1.54) is 0 Å². The van der Waals surface area contributed by atoms with Crippen molar-refractivity contribution < 1.29 is 9.53 Å². The predicted molar refractivity (Wildman–Crippen MR) is 74.5 cm³/mol. The van der Waals surface area contributed by atoms with E-state index in [4.69, 9.17) is 4.74 Å². The minimum absolute atomic E-state index is 0.0180. The zero-order chi connectivity index (χ0) is 13.5. The number of carbonyl (C=O) groups is 1. The van der Waals surface area contributed by atoms with E-state index in [1.807, 2.05) is 6.92 Å². The predicted octanol–water partition coefficient (Wildman–Crippen LogP) is 2.64. The molecular weight excluding hydrogens is 296 g/mol. The quantitative estimate of drug-likeness (QED) is 0.821. The molecule has 1 aromatic rings. The zero-order valence-electron chi connectivity index (χ0n) is 10.9. The third-order valence-electron chi connectivity index (χ3n) is 2.61. The van der Waals surface area contributed by atoms with Gasteiger partial charge in [-0.3, -0.25) is 4.79 Å². The van der Waals surface area contributed by atoms with Gasteiger partial charge in [-0.1, -0.05) is 13.8 Å². The molecule has 100 valence electrons. The topological polar surface area (TPSA) is 51.2 Å². The fraction of sp³-hybridized carbons (Fsp3) is 0.538. The first-order valence-corrected chi connectivity index (χ1v) is 6.84. The van der Waals surface area contributed by atoms with Crippen molar-refractivity contribution in [2.45, 2.75) is 26.8 Å². The van der Waals surface area contributed by atoms with E-state index in [2.05, 4.69) is 40.1 Å². The molecule has 0 radical (unpaired) electrons. The molecule has 1 aromatic heterocycles. The highest BCUT2D eigenvalue weighted by Gasteiger charge is 2.17. The van der Waals surface area contributed by atoms with Crippen LogP contribution in [0, 0.1) is 5.92 Å². The van der Waals surface area contributed by atoms with Crippen LogP contribution in [0.15, 0.2) is 22.9 Å². The maximum atomic E-state index is 12.1. The number of halogens is 1. The Labute approximate surface area is 116 Å². The molecule has 0 bridgehead atoms. The second-order valence-corrected chi connectivity index (χ2v) is 5.16. The van der Waals surface area contributed by atoms with Gasteiger partial charge < -0.3 is 10.1 Å². The summed E-state index contributed by atoms with van der Waals surface area (Å²) in [6.45, 7) is 7.25. The molecule has 1 heterocycles. The van der Waals surface area contributed by atoms with Gasteiger partial charge in [0.2, 0.25) is 0 Å². The lowest BCUT2D eigenvalue weighted by Gasteiger charge is -2.22. The lowest BCUT2D eigenvalue weighted by atomic mass is 10.0. The molecule has 0 aliphatic heterocycles. The minimum atomic E-state index is -0.100. The minimum Gasteiger partial charge on any atom is -0.380 e. The van der Waals surface area contributed by atoms with Crippen LogP contribution in [0.2, 0.25) is 0 Å². The summed E-state index contributed by atoms with van der Waals surface area (Å²) in [6, 6.07) is 3.41. The highest BCUT2D eigenvalue weighted by molar-refractivity contribution is 9.10. The summed E-state index contributed by atoms with van der Waals surface area (Å²) in [6.07, 6.45) is 1.60. The smallest absolute Gasteiger partial charge is 0.251 e. The zero-order valence-corrected chi connectivity index (χ0v) is 12.5. The van der Waals surface area contributed by atoms with Crippen LogP contribution < -0.4 is 5.32 Å². The summed E-state index contributed by atoms with van der Waals surface area (Å²) < 4.78 is 6.03. The van der Waals surface area contributed by atoms with Crippen LogP contribution in [0.1, 0.15) is 31.1 Å². The molecule has 1 unspecified atom stereocenters. The summed E-state index contributed by atoms with van der Waals surface area (Å²) in [5.41, 5.74) is 0.596. The summed E-state index contributed by atoms with van der Waals surface area (Å²) in [7, 11) is 0. The van der Waals surface area contributed by atoms with Gasteiger partial charge in [-0.15, -0.1) is 0 Å². The van der Waals surface area contributed by atoms with Crippen LogP contribution in [0.25, 0.3) is 0 Å². The molecular formula is C13H19BrN2O2. The number of aromatic nitrogens is 1. The summed E-state index contributed by atoms with van der Waals surface area (Å²) in [5, 5.41) is 2.98. The molecule has 1 N–H and O–H groups in total. The molecule has 0 fully saturated rings. The van der Waals surface area contributed by atoms with Gasteiger partial charge in [0.15, 0.2) is 0 Å². The van der Waals surface area contributed by atoms with E-state index in [1.54, 1.807) is 18.3 Å². The average Bonchev–Trinajstić information content (AvgIpc) is 2.33. The lowest BCUT2D eigenvalue weighted by Crippen LogP contribution is -2.41. The van der Waals surface area contributed by atoms with Gasteiger partial charge in [-0.25, -0.2) is 4.98 Å². The van der Waals surface area contributed by atoms with Crippen molar-refractivity contribution in [3.8, 4) is 0 Å². The molecule has 0 aliphatic rings. The molecule has 1 rings (SSSR count). The van der Waals surface area contributed by atoms with Crippen LogP contribution in [0.3, 0.4) is 0 Å². The van der Waals surface area contributed by atoms with Crippen molar-refractivity contribution in [2.75, 3.05) is 13.2 Å². The number of nitrogens with one attached hydrogen (secondary N) is 1. The average molecular weight is 315 g/mol. The Bertz CT molecular complexity index is 396. The fourth-order valence-corrected chi connectivity index (χ4v) is 1.81. The highest BCUT2D eigenvalue weighted by Crippen LogP contribution is 2.09. The molecule has 18 heavy (non-hydrogen) atoms. The third-order valence-corrected chi connectivity index (χ3v) is 3.05. The van der Waals surface area contributed by atoms with Crippen molar-refractivity contribution in [3.05, 3.63) is 28.5 Å². The number of rotatable bonds is 6. The van der Waals surface area contributed by atoms with E-state index >= 15 is 0 Å². The number of hydrogen-bond acceptors (Lipinski definition) is 3. The Morgan fingerprint density at radius 3 is 2.83 bits per heavy atom. The maximum Gasteiger partial charge on any atom is 0.251 e. The van der Waals surface area contributed by atoms with E-state index in [9.17, 15) is 4.79 Å². The molecule has 1 atom stereocenters. The first-order valence-electron chi connectivity index (χ1n) is 6.04. The monoisotopic (exact) mass is 314 g/mol. The van der Waals surface area contributed by atoms with Crippen molar-refractivity contribution in [1.29, 1.82) is 0 Å².